The summed E-state index contributed by atoms with van der Waals surface area (Å²) >= 11 is 0. The second-order valence-corrected chi connectivity index (χ2v) is 8.82. The summed E-state index contributed by atoms with van der Waals surface area (Å²) in [6.45, 7) is 6.03. The van der Waals surface area contributed by atoms with Gasteiger partial charge < -0.3 is 43.0 Å². The van der Waals surface area contributed by atoms with Gasteiger partial charge in [0.1, 0.15) is 0 Å². The zero-order chi connectivity index (χ0) is 28.7. The molecule has 0 spiro atoms. The quantitative estimate of drug-likeness (QED) is 0.0901. The van der Waals surface area contributed by atoms with Gasteiger partial charge in [0.25, 0.3) is 0 Å². The van der Waals surface area contributed by atoms with Gasteiger partial charge in [-0.3, -0.25) is 33.6 Å². The zero-order valence-electron chi connectivity index (χ0n) is 21.7. The maximum absolute atomic E-state index is 12.3. The number of hydrogen-bond acceptors (Lipinski definition) is 9. The van der Waals surface area contributed by atoms with Gasteiger partial charge in [-0.25, -0.2) is 0 Å². The first-order chi connectivity index (χ1) is 17.9. The van der Waals surface area contributed by atoms with Crippen LogP contribution in [-0.4, -0.2) is 92.1 Å². The third kappa shape index (κ3) is 13.3. The molecule has 0 aromatic carbocycles. The van der Waals surface area contributed by atoms with Crippen LogP contribution in [0.3, 0.4) is 0 Å². The lowest BCUT2D eigenvalue weighted by Crippen LogP contribution is -2.49. The van der Waals surface area contributed by atoms with Crippen molar-refractivity contribution >= 4 is 41.2 Å². The Morgan fingerprint density at radius 1 is 0.868 bits per heavy atom. The summed E-state index contributed by atoms with van der Waals surface area (Å²) in [7, 11) is 0. The average molecular weight is 539 g/mol. The predicted molar refractivity (Wildman–Crippen MR) is 136 cm³/mol. The van der Waals surface area contributed by atoms with Crippen molar-refractivity contribution in [3.05, 3.63) is 12.3 Å². The standard InChI is InChI=1S/C23H38N8O7/c1-13(15(3)32)30-21(36)11-28-20(35)10-27-19(34)9-26-14(2)16(6-7-18(24)33)31-22(37)12-29-23(38)17-5-4-8-25-17/h13,16-17,25-26H,2,4-12H2,1,3H3,(H2,24,33)(H,27,34)(H,28,35)(H,29,38)(H,30,36)(H,31,37). The van der Waals surface area contributed by atoms with E-state index in [1.807, 2.05) is 0 Å². The summed E-state index contributed by atoms with van der Waals surface area (Å²) in [6, 6.07) is -1.77. The van der Waals surface area contributed by atoms with Gasteiger partial charge in [0, 0.05) is 12.1 Å². The van der Waals surface area contributed by atoms with Crippen LogP contribution in [0.1, 0.15) is 39.5 Å². The lowest BCUT2D eigenvalue weighted by molar-refractivity contribution is -0.128. The minimum atomic E-state index is -0.761. The van der Waals surface area contributed by atoms with Crippen molar-refractivity contribution in [1.29, 1.82) is 0 Å². The van der Waals surface area contributed by atoms with Crippen LogP contribution in [0, 0.1) is 0 Å². The molecule has 1 aliphatic rings. The molecule has 212 valence electrons. The monoisotopic (exact) mass is 538 g/mol. The molecule has 1 fully saturated rings. The topological polar surface area (TPSA) is 230 Å². The molecule has 1 rings (SSSR count). The molecular weight excluding hydrogens is 500 g/mol. The van der Waals surface area contributed by atoms with Gasteiger partial charge in [-0.1, -0.05) is 6.58 Å². The first kappa shape index (κ1) is 32.0. The van der Waals surface area contributed by atoms with Gasteiger partial charge in [-0.2, -0.15) is 0 Å². The van der Waals surface area contributed by atoms with E-state index in [2.05, 4.69) is 43.8 Å². The van der Waals surface area contributed by atoms with Crippen LogP contribution in [0.4, 0.5) is 0 Å². The summed E-state index contributed by atoms with van der Waals surface area (Å²) < 4.78 is 0. The van der Waals surface area contributed by atoms with E-state index in [1.54, 1.807) is 0 Å². The number of amides is 6. The second kappa shape index (κ2) is 16.7. The molecule has 0 aromatic heterocycles. The van der Waals surface area contributed by atoms with Crippen LogP contribution in [0.25, 0.3) is 0 Å². The number of rotatable bonds is 17. The summed E-state index contributed by atoms with van der Waals surface area (Å²) in [5.74, 6) is -3.37. The average Bonchev–Trinajstić information content (AvgIpc) is 3.40. The molecule has 1 aliphatic heterocycles. The van der Waals surface area contributed by atoms with E-state index in [4.69, 9.17) is 5.73 Å². The number of nitrogens with two attached hydrogens (primary N) is 1. The molecule has 3 unspecified atom stereocenters. The Hall–Kier alpha value is -4.01. The van der Waals surface area contributed by atoms with Crippen molar-refractivity contribution in [1.82, 2.24) is 37.2 Å². The normalized spacial score (nSPS) is 15.8. The molecule has 9 N–H and O–H groups in total. The van der Waals surface area contributed by atoms with Gasteiger partial charge in [0.2, 0.25) is 35.4 Å². The Morgan fingerprint density at radius 3 is 1.97 bits per heavy atom. The van der Waals surface area contributed by atoms with E-state index in [0.29, 0.717) is 6.42 Å². The zero-order valence-corrected chi connectivity index (χ0v) is 21.7. The number of Topliss-reactive ketones (excluding diaryl/α,β-unsaturated/α-hetero) is 1. The summed E-state index contributed by atoms with van der Waals surface area (Å²) in [4.78, 5) is 82.4. The predicted octanol–water partition coefficient (Wildman–Crippen LogP) is -3.97. The molecule has 15 heteroatoms. The Bertz CT molecular complexity index is 917. The molecule has 1 saturated heterocycles. The molecule has 0 saturated carbocycles. The van der Waals surface area contributed by atoms with Crippen molar-refractivity contribution in [2.45, 2.75) is 57.7 Å². The van der Waals surface area contributed by atoms with Crippen LogP contribution in [0.5, 0.6) is 0 Å². The molecule has 0 radical (unpaired) electrons. The van der Waals surface area contributed by atoms with Gasteiger partial charge >= 0.3 is 0 Å². The van der Waals surface area contributed by atoms with Crippen LogP contribution >= 0.6 is 0 Å². The molecule has 15 nitrogen and oxygen atoms in total. The number of carbonyl (C=O) groups excluding carboxylic acids is 7. The largest absolute Gasteiger partial charge is 0.378 e. The minimum absolute atomic E-state index is 0.0604. The fourth-order valence-electron chi connectivity index (χ4n) is 3.26. The number of nitrogens with one attached hydrogen (secondary N) is 7. The number of ketones is 1. The summed E-state index contributed by atoms with van der Waals surface area (Å²) in [6.07, 6.45) is 1.62. The third-order valence-electron chi connectivity index (χ3n) is 5.59. The smallest absolute Gasteiger partial charge is 0.239 e. The van der Waals surface area contributed by atoms with Gasteiger partial charge in [0.05, 0.1) is 44.3 Å². The third-order valence-corrected chi connectivity index (χ3v) is 5.59. The lowest BCUT2D eigenvalue weighted by Gasteiger charge is -2.22. The van der Waals surface area contributed by atoms with Gasteiger partial charge in [0.15, 0.2) is 5.78 Å². The summed E-state index contributed by atoms with van der Waals surface area (Å²) in [5.41, 5.74) is 5.42. The maximum atomic E-state index is 12.3. The van der Waals surface area contributed by atoms with E-state index >= 15 is 0 Å². The van der Waals surface area contributed by atoms with E-state index < -0.39 is 48.2 Å². The fraction of sp³-hybridized carbons (Fsp3) is 0.609. The van der Waals surface area contributed by atoms with Crippen molar-refractivity contribution in [2.24, 2.45) is 5.73 Å². The molecule has 3 atom stereocenters. The SMILES string of the molecule is C=C(NCC(=O)NCC(=O)NCC(=O)NC(C)C(C)=O)C(CCC(N)=O)NC(=O)CNC(=O)C1CCCN1. The van der Waals surface area contributed by atoms with Crippen molar-refractivity contribution < 1.29 is 33.6 Å². The summed E-state index contributed by atoms with van der Waals surface area (Å²) in [5, 5.41) is 18.0. The highest BCUT2D eigenvalue weighted by Gasteiger charge is 2.23. The Kier molecular flexibility index (Phi) is 14.1. The van der Waals surface area contributed by atoms with Crippen LogP contribution < -0.4 is 43.0 Å². The Labute approximate surface area is 220 Å². The molecule has 6 amide bonds. The fourth-order valence-corrected chi connectivity index (χ4v) is 3.26. The highest BCUT2D eigenvalue weighted by molar-refractivity contribution is 5.91. The maximum Gasteiger partial charge on any atom is 0.239 e. The first-order valence-electron chi connectivity index (χ1n) is 12.2. The lowest BCUT2D eigenvalue weighted by atomic mass is 10.1. The van der Waals surface area contributed by atoms with Crippen LogP contribution in [0.2, 0.25) is 0 Å². The highest BCUT2D eigenvalue weighted by Crippen LogP contribution is 2.06. The van der Waals surface area contributed by atoms with Gasteiger partial charge in [-0.15, -0.1) is 0 Å². The minimum Gasteiger partial charge on any atom is -0.378 e. The van der Waals surface area contributed by atoms with E-state index in [1.165, 1.54) is 13.8 Å². The van der Waals surface area contributed by atoms with Crippen molar-refractivity contribution in [3.8, 4) is 0 Å². The van der Waals surface area contributed by atoms with Crippen molar-refractivity contribution in [2.75, 3.05) is 32.7 Å². The van der Waals surface area contributed by atoms with Crippen LogP contribution in [0.15, 0.2) is 12.3 Å². The number of primary amides is 1. The Balaban J connectivity index is 2.42. The highest BCUT2D eigenvalue weighted by atomic mass is 16.2. The molecular formula is C23H38N8O7. The first-order valence-corrected chi connectivity index (χ1v) is 12.2. The Morgan fingerprint density at radius 2 is 1.42 bits per heavy atom. The van der Waals surface area contributed by atoms with E-state index in [0.717, 1.165) is 13.0 Å². The van der Waals surface area contributed by atoms with Crippen molar-refractivity contribution in [3.63, 3.8) is 0 Å². The molecule has 0 bridgehead atoms. The second-order valence-electron chi connectivity index (χ2n) is 8.82. The molecule has 1 heterocycles. The molecule has 0 aromatic rings. The van der Waals surface area contributed by atoms with Crippen LogP contribution in [-0.2, 0) is 33.6 Å². The van der Waals surface area contributed by atoms with E-state index in [9.17, 15) is 33.6 Å². The number of carbonyl (C=O) groups is 7. The van der Waals surface area contributed by atoms with E-state index in [-0.39, 0.29) is 55.9 Å². The van der Waals surface area contributed by atoms with Gasteiger partial charge in [-0.05, 0) is 39.7 Å². The number of hydrogen-bond donors (Lipinski definition) is 8. The molecule has 0 aliphatic carbocycles. The molecule has 38 heavy (non-hydrogen) atoms.